The van der Waals surface area contributed by atoms with E-state index < -0.39 is 5.41 Å². The zero-order valence-corrected chi connectivity index (χ0v) is 27.3. The predicted octanol–water partition coefficient (Wildman–Crippen LogP) is 12.4. The second-order valence-corrected chi connectivity index (χ2v) is 13.0. The van der Waals surface area contributed by atoms with Crippen molar-refractivity contribution in [2.24, 2.45) is 0 Å². The number of hydrogen-bond donors (Lipinski definition) is 0. The van der Waals surface area contributed by atoms with Crippen LogP contribution in [0.5, 0.6) is 23.0 Å². The molecule has 1 spiro atoms. The first-order chi connectivity index (χ1) is 24.7. The van der Waals surface area contributed by atoms with Gasteiger partial charge >= 0.3 is 0 Å². The molecule has 3 aliphatic rings. The summed E-state index contributed by atoms with van der Waals surface area (Å²) in [4.78, 5) is 2.08. The topological polar surface area (TPSA) is 21.7 Å². The Balaban J connectivity index is 1.15. The van der Waals surface area contributed by atoms with Crippen molar-refractivity contribution < 1.29 is 9.47 Å². The van der Waals surface area contributed by atoms with Crippen LogP contribution in [-0.4, -0.2) is 0 Å². The smallest absolute Gasteiger partial charge is 0.194 e. The molecule has 3 heteroatoms. The Morgan fingerprint density at radius 1 is 0.500 bits per heavy atom. The highest BCUT2D eigenvalue weighted by atomic mass is 16.6. The number of nitrogens with zero attached hydrogens (tertiary/aromatic N) is 1. The van der Waals surface area contributed by atoms with E-state index >= 15 is 0 Å². The zero-order valence-electron chi connectivity index (χ0n) is 27.3. The van der Waals surface area contributed by atoms with Gasteiger partial charge in [-0.2, -0.15) is 0 Å². The lowest BCUT2D eigenvalue weighted by Crippen LogP contribution is -2.26. The Morgan fingerprint density at radius 3 is 1.76 bits per heavy atom. The highest BCUT2D eigenvalue weighted by Gasteiger charge is 2.52. The lowest BCUT2D eigenvalue weighted by atomic mass is 9.70. The quantitative estimate of drug-likeness (QED) is 0.175. The highest BCUT2D eigenvalue weighted by molar-refractivity contribution is 5.96. The fraction of sp³-hybridized carbons (Fsp3) is 0.0213. The van der Waals surface area contributed by atoms with Crippen molar-refractivity contribution in [2.75, 3.05) is 4.90 Å². The molecule has 7 aromatic rings. The third-order valence-electron chi connectivity index (χ3n) is 10.4. The predicted molar refractivity (Wildman–Crippen MR) is 203 cm³/mol. The lowest BCUT2D eigenvalue weighted by Gasteiger charge is -2.32. The molecule has 0 fully saturated rings. The number of benzene rings is 7. The van der Waals surface area contributed by atoms with Crippen LogP contribution in [0.15, 0.2) is 183 Å². The number of allylic oxidation sites excluding steroid dienone is 1. The van der Waals surface area contributed by atoms with Crippen LogP contribution in [0.2, 0.25) is 0 Å². The van der Waals surface area contributed by atoms with Gasteiger partial charge in [0.2, 0.25) is 0 Å². The maximum absolute atomic E-state index is 6.98. The Bertz CT molecular complexity index is 2500. The summed E-state index contributed by atoms with van der Waals surface area (Å²) in [6.45, 7) is 8.48. The molecule has 2 aliphatic carbocycles. The summed E-state index contributed by atoms with van der Waals surface area (Å²) in [5.41, 5.74) is 14.2. The van der Waals surface area contributed by atoms with Crippen LogP contribution in [0, 0.1) is 0 Å². The van der Waals surface area contributed by atoms with Gasteiger partial charge in [-0.25, -0.2) is 0 Å². The van der Waals surface area contributed by atoms with Crippen LogP contribution in [0.4, 0.5) is 11.4 Å². The maximum Gasteiger partial charge on any atom is 0.194 e. The maximum atomic E-state index is 6.98. The summed E-state index contributed by atoms with van der Waals surface area (Å²) in [7, 11) is 0. The zero-order chi connectivity index (χ0) is 33.4. The summed E-state index contributed by atoms with van der Waals surface area (Å²) in [5.74, 6) is 2.65. The van der Waals surface area contributed by atoms with Crippen molar-refractivity contribution in [2.45, 2.75) is 5.41 Å². The first-order valence-corrected chi connectivity index (χ1v) is 16.9. The first-order valence-electron chi connectivity index (χ1n) is 16.9. The Kier molecular flexibility index (Phi) is 6.09. The average molecular weight is 642 g/mol. The van der Waals surface area contributed by atoms with Gasteiger partial charge in [0, 0.05) is 11.4 Å². The van der Waals surface area contributed by atoms with Crippen LogP contribution >= 0.6 is 0 Å². The molecule has 3 nitrogen and oxygen atoms in total. The van der Waals surface area contributed by atoms with Gasteiger partial charge in [-0.3, -0.25) is 0 Å². The molecule has 236 valence electrons. The van der Waals surface area contributed by atoms with Gasteiger partial charge in [-0.15, -0.1) is 0 Å². The average Bonchev–Trinajstić information content (AvgIpc) is 3.63. The van der Waals surface area contributed by atoms with Gasteiger partial charge in [0.05, 0.1) is 11.1 Å². The minimum absolute atomic E-state index is 0.474. The summed E-state index contributed by atoms with van der Waals surface area (Å²) >= 11 is 0. The van der Waals surface area contributed by atoms with Crippen LogP contribution in [0.1, 0.15) is 22.3 Å². The molecular weight excluding hydrogens is 611 g/mol. The SMILES string of the molecule is C=CC(=C)N(c1cccc(-c2ccccc2)c1)c1cccc2c1Oc1cc3c(cc1O2)-c1ccccc1C31c2ccccc2-c2ccccc21. The molecular formula is C47H31NO2. The van der Waals surface area contributed by atoms with Crippen LogP contribution in [0.3, 0.4) is 0 Å². The number of fused-ring (bicyclic) bond motifs is 12. The van der Waals surface area contributed by atoms with E-state index in [1.165, 1.54) is 38.9 Å². The van der Waals surface area contributed by atoms with Crippen molar-refractivity contribution >= 4 is 11.4 Å². The standard InChI is InChI=1S/C47H31NO2/c1-3-30(2)48(33-18-13-17-32(27-33)31-15-5-4-6-16-31)42-25-14-26-43-46(42)50-45-29-41-37(28-44(45)49-43)36-21-9-12-24-40(36)47(41)38-22-10-7-19-34(38)35-20-8-11-23-39(35)47/h3-29H,1-2H2. The van der Waals surface area contributed by atoms with Crippen molar-refractivity contribution in [1.29, 1.82) is 0 Å². The summed E-state index contributed by atoms with van der Waals surface area (Å²) < 4.78 is 13.7. The molecule has 0 aromatic heterocycles. The van der Waals surface area contributed by atoms with Gasteiger partial charge in [0.25, 0.3) is 0 Å². The Morgan fingerprint density at radius 2 is 1.08 bits per heavy atom. The molecule has 1 aliphatic heterocycles. The number of rotatable bonds is 5. The molecule has 0 amide bonds. The van der Waals surface area contributed by atoms with E-state index in [9.17, 15) is 0 Å². The fourth-order valence-electron chi connectivity index (χ4n) is 8.36. The number of anilines is 2. The van der Waals surface area contributed by atoms with Crippen molar-refractivity contribution in [1.82, 2.24) is 0 Å². The van der Waals surface area contributed by atoms with E-state index in [1.807, 2.05) is 24.3 Å². The minimum atomic E-state index is -0.474. The molecule has 0 radical (unpaired) electrons. The molecule has 0 saturated heterocycles. The normalized spacial score (nSPS) is 13.4. The van der Waals surface area contributed by atoms with E-state index in [4.69, 9.17) is 9.47 Å². The number of para-hydroxylation sites is 1. The van der Waals surface area contributed by atoms with Gasteiger partial charge < -0.3 is 14.4 Å². The van der Waals surface area contributed by atoms with Gasteiger partial charge in [0.15, 0.2) is 23.0 Å². The highest BCUT2D eigenvalue weighted by Crippen LogP contribution is 2.65. The number of ether oxygens (including phenoxy) is 2. The summed E-state index contributed by atoms with van der Waals surface area (Å²) in [5, 5.41) is 0. The van der Waals surface area contributed by atoms with Crippen molar-refractivity contribution in [3.05, 3.63) is 205 Å². The molecule has 10 rings (SSSR count). The van der Waals surface area contributed by atoms with E-state index in [0.29, 0.717) is 23.0 Å². The molecule has 0 unspecified atom stereocenters. The molecule has 0 saturated carbocycles. The Hall–Kier alpha value is -6.58. The van der Waals surface area contributed by atoms with E-state index in [2.05, 4.69) is 152 Å². The third kappa shape index (κ3) is 3.86. The fourth-order valence-corrected chi connectivity index (χ4v) is 8.36. The Labute approximate surface area is 291 Å². The largest absolute Gasteiger partial charge is 0.449 e. The molecule has 0 bridgehead atoms. The molecule has 0 N–H and O–H groups in total. The molecule has 50 heavy (non-hydrogen) atoms. The second kappa shape index (κ2) is 10.7. The van der Waals surface area contributed by atoms with Gasteiger partial charge in [-0.1, -0.05) is 134 Å². The minimum Gasteiger partial charge on any atom is -0.449 e. The van der Waals surface area contributed by atoms with Crippen LogP contribution in [0.25, 0.3) is 33.4 Å². The molecule has 7 aromatic carbocycles. The van der Waals surface area contributed by atoms with E-state index in [-0.39, 0.29) is 0 Å². The van der Waals surface area contributed by atoms with Crippen LogP contribution < -0.4 is 14.4 Å². The second-order valence-electron chi connectivity index (χ2n) is 13.0. The lowest BCUT2D eigenvalue weighted by molar-refractivity contribution is 0.360. The first kappa shape index (κ1) is 28.4. The third-order valence-corrected chi connectivity index (χ3v) is 10.4. The van der Waals surface area contributed by atoms with Crippen molar-refractivity contribution in [3.8, 4) is 56.4 Å². The number of hydrogen-bond acceptors (Lipinski definition) is 3. The van der Waals surface area contributed by atoms with Crippen LogP contribution in [-0.2, 0) is 5.41 Å². The monoisotopic (exact) mass is 641 g/mol. The summed E-state index contributed by atoms with van der Waals surface area (Å²) in [6, 6.07) is 55.7. The molecule has 0 atom stereocenters. The van der Waals surface area contributed by atoms with Gasteiger partial charge in [0.1, 0.15) is 0 Å². The van der Waals surface area contributed by atoms with E-state index in [1.54, 1.807) is 6.08 Å². The molecule has 1 heterocycles. The summed E-state index contributed by atoms with van der Waals surface area (Å²) in [6.07, 6.45) is 1.77. The van der Waals surface area contributed by atoms with Gasteiger partial charge in [-0.05, 0) is 98.1 Å². The van der Waals surface area contributed by atoms with E-state index in [0.717, 1.165) is 33.8 Å². The van der Waals surface area contributed by atoms with Crippen molar-refractivity contribution in [3.63, 3.8) is 0 Å².